The summed E-state index contributed by atoms with van der Waals surface area (Å²) in [6, 6.07) is 15.1. The van der Waals surface area contributed by atoms with Gasteiger partial charge in [0.2, 0.25) is 0 Å². The molecule has 2 N–H and O–H groups in total. The number of hydrogen-bond donors (Lipinski definition) is 2. The Bertz CT molecular complexity index is 1120. The van der Waals surface area contributed by atoms with Crippen molar-refractivity contribution in [3.63, 3.8) is 0 Å². The summed E-state index contributed by atoms with van der Waals surface area (Å²) in [7, 11) is 1.63. The Morgan fingerprint density at radius 3 is 2.77 bits per heavy atom. The fraction of sp³-hybridized carbons (Fsp3) is 0.261. The number of anilines is 1. The van der Waals surface area contributed by atoms with Crippen LogP contribution in [0.4, 0.5) is 10.5 Å². The van der Waals surface area contributed by atoms with Gasteiger partial charge in [-0.2, -0.15) is 0 Å². The minimum atomic E-state index is -0.215. The SMILES string of the molecule is COc1ccc(Cc2nc3c(c(=O)[nH]2)CN(C(=O)Nc2cccc(C)c2)CC3)cc1. The average molecular weight is 404 g/mol. The van der Waals surface area contributed by atoms with Gasteiger partial charge in [0.1, 0.15) is 11.6 Å². The van der Waals surface area contributed by atoms with Crippen molar-refractivity contribution in [2.75, 3.05) is 19.0 Å². The van der Waals surface area contributed by atoms with Crippen molar-refractivity contribution in [2.24, 2.45) is 0 Å². The van der Waals surface area contributed by atoms with Crippen LogP contribution in [0.5, 0.6) is 5.75 Å². The van der Waals surface area contributed by atoms with Gasteiger partial charge in [-0.25, -0.2) is 9.78 Å². The maximum atomic E-state index is 12.7. The summed E-state index contributed by atoms with van der Waals surface area (Å²) in [6.45, 7) is 2.74. The number of fused-ring (bicyclic) bond motifs is 1. The van der Waals surface area contributed by atoms with Gasteiger partial charge in [0, 0.05) is 25.1 Å². The van der Waals surface area contributed by atoms with Crippen LogP contribution in [-0.4, -0.2) is 34.6 Å². The maximum absolute atomic E-state index is 12.7. The predicted octanol–water partition coefficient (Wildman–Crippen LogP) is 3.27. The van der Waals surface area contributed by atoms with Crippen molar-refractivity contribution < 1.29 is 9.53 Å². The first kappa shape index (κ1) is 19.7. The first-order valence-electron chi connectivity index (χ1n) is 9.88. The predicted molar refractivity (Wildman–Crippen MR) is 115 cm³/mol. The number of nitrogens with one attached hydrogen (secondary N) is 2. The zero-order valence-corrected chi connectivity index (χ0v) is 17.1. The lowest BCUT2D eigenvalue weighted by molar-refractivity contribution is 0.205. The highest BCUT2D eigenvalue weighted by atomic mass is 16.5. The summed E-state index contributed by atoms with van der Waals surface area (Å²) in [5.41, 5.74) is 3.99. The van der Waals surface area contributed by atoms with Crippen molar-refractivity contribution >= 4 is 11.7 Å². The molecule has 0 saturated heterocycles. The molecule has 2 amide bonds. The molecule has 0 unspecified atom stereocenters. The van der Waals surface area contributed by atoms with Crippen LogP contribution in [0.3, 0.4) is 0 Å². The van der Waals surface area contributed by atoms with Gasteiger partial charge in [-0.1, -0.05) is 24.3 Å². The Hall–Kier alpha value is -3.61. The van der Waals surface area contributed by atoms with E-state index in [1.807, 2.05) is 55.5 Å². The smallest absolute Gasteiger partial charge is 0.322 e. The first-order valence-corrected chi connectivity index (χ1v) is 9.88. The number of aromatic amines is 1. The van der Waals surface area contributed by atoms with E-state index in [1.54, 1.807) is 12.0 Å². The highest BCUT2D eigenvalue weighted by Gasteiger charge is 2.24. The molecule has 7 heteroatoms. The molecule has 0 saturated carbocycles. The third-order valence-corrected chi connectivity index (χ3v) is 5.20. The summed E-state index contributed by atoms with van der Waals surface area (Å²) < 4.78 is 5.17. The molecule has 30 heavy (non-hydrogen) atoms. The lowest BCUT2D eigenvalue weighted by atomic mass is 10.1. The van der Waals surface area contributed by atoms with E-state index in [9.17, 15) is 9.59 Å². The summed E-state index contributed by atoms with van der Waals surface area (Å²) >= 11 is 0. The van der Waals surface area contributed by atoms with Crippen molar-refractivity contribution in [3.8, 4) is 5.75 Å². The van der Waals surface area contributed by atoms with Gasteiger partial charge in [-0.05, 0) is 42.3 Å². The molecule has 0 fully saturated rings. The molecule has 2 heterocycles. The number of urea groups is 1. The highest BCUT2D eigenvalue weighted by Crippen LogP contribution is 2.18. The molecule has 1 aliphatic heterocycles. The Labute approximate surface area is 174 Å². The fourth-order valence-corrected chi connectivity index (χ4v) is 3.60. The number of rotatable bonds is 4. The van der Waals surface area contributed by atoms with Crippen LogP contribution in [0.25, 0.3) is 0 Å². The van der Waals surface area contributed by atoms with Gasteiger partial charge < -0.3 is 19.9 Å². The molecule has 0 aliphatic carbocycles. The molecule has 1 aromatic heterocycles. The van der Waals surface area contributed by atoms with Crippen LogP contribution in [0.1, 0.15) is 28.2 Å². The highest BCUT2D eigenvalue weighted by molar-refractivity contribution is 5.89. The molecule has 7 nitrogen and oxygen atoms in total. The second kappa shape index (κ2) is 8.41. The van der Waals surface area contributed by atoms with E-state index in [4.69, 9.17) is 4.74 Å². The van der Waals surface area contributed by atoms with Crippen LogP contribution < -0.4 is 15.6 Å². The van der Waals surface area contributed by atoms with Gasteiger partial charge in [0.15, 0.2) is 0 Å². The first-order chi connectivity index (χ1) is 14.5. The average Bonchev–Trinajstić information content (AvgIpc) is 2.74. The molecule has 0 bridgehead atoms. The Morgan fingerprint density at radius 1 is 1.23 bits per heavy atom. The molecule has 4 rings (SSSR count). The number of methoxy groups -OCH3 is 1. The van der Waals surface area contributed by atoms with Crippen molar-refractivity contribution in [2.45, 2.75) is 26.3 Å². The molecule has 0 radical (unpaired) electrons. The van der Waals surface area contributed by atoms with Crippen molar-refractivity contribution in [1.82, 2.24) is 14.9 Å². The largest absolute Gasteiger partial charge is 0.497 e. The number of benzene rings is 2. The van der Waals surface area contributed by atoms with Crippen LogP contribution in [0.2, 0.25) is 0 Å². The van der Waals surface area contributed by atoms with Gasteiger partial charge >= 0.3 is 6.03 Å². The Kier molecular flexibility index (Phi) is 5.52. The summed E-state index contributed by atoms with van der Waals surface area (Å²) in [4.78, 5) is 34.5. The molecule has 2 aromatic carbocycles. The number of hydrogen-bond acceptors (Lipinski definition) is 4. The second-order valence-corrected chi connectivity index (χ2v) is 7.43. The second-order valence-electron chi connectivity index (χ2n) is 7.43. The number of amides is 2. The molecular formula is C23H24N4O3. The summed E-state index contributed by atoms with van der Waals surface area (Å²) in [5, 5.41) is 2.90. The normalized spacial score (nSPS) is 12.9. The third kappa shape index (κ3) is 4.35. The van der Waals surface area contributed by atoms with Gasteiger partial charge in [-0.3, -0.25) is 4.79 Å². The number of H-pyrrole nitrogens is 1. The Morgan fingerprint density at radius 2 is 2.03 bits per heavy atom. The van der Waals surface area contributed by atoms with E-state index in [0.717, 1.165) is 28.3 Å². The van der Waals surface area contributed by atoms with Gasteiger partial charge in [-0.15, -0.1) is 0 Å². The molecular weight excluding hydrogens is 380 g/mol. The topological polar surface area (TPSA) is 87.3 Å². The molecule has 0 spiro atoms. The van der Waals surface area contributed by atoms with Gasteiger partial charge in [0.25, 0.3) is 5.56 Å². The summed E-state index contributed by atoms with van der Waals surface area (Å²) in [5.74, 6) is 1.41. The standard InChI is InChI=1S/C23H24N4O3/c1-15-4-3-5-17(12-15)24-23(29)27-11-10-20-19(14-27)22(28)26-21(25-20)13-16-6-8-18(30-2)9-7-16/h3-9,12H,10-11,13-14H2,1-2H3,(H,24,29)(H,25,26,28). The number of aryl methyl sites for hydroxylation is 1. The Balaban J connectivity index is 1.47. The van der Waals surface area contributed by atoms with E-state index in [-0.39, 0.29) is 18.1 Å². The number of ether oxygens (including phenoxy) is 1. The lowest BCUT2D eigenvalue weighted by Gasteiger charge is -2.28. The van der Waals surface area contributed by atoms with Gasteiger partial charge in [0.05, 0.1) is 24.9 Å². The van der Waals surface area contributed by atoms with Crippen molar-refractivity contribution in [3.05, 3.63) is 87.1 Å². The molecule has 3 aromatic rings. The minimum Gasteiger partial charge on any atom is -0.497 e. The fourth-order valence-electron chi connectivity index (χ4n) is 3.60. The number of carbonyl (C=O) groups is 1. The zero-order valence-electron chi connectivity index (χ0n) is 17.1. The lowest BCUT2D eigenvalue weighted by Crippen LogP contribution is -2.42. The van der Waals surface area contributed by atoms with Crippen LogP contribution in [-0.2, 0) is 19.4 Å². The van der Waals surface area contributed by atoms with E-state index in [1.165, 1.54) is 0 Å². The van der Waals surface area contributed by atoms with Crippen LogP contribution in [0, 0.1) is 6.92 Å². The third-order valence-electron chi connectivity index (χ3n) is 5.20. The molecule has 154 valence electrons. The minimum absolute atomic E-state index is 0.184. The van der Waals surface area contributed by atoms with E-state index < -0.39 is 0 Å². The number of carbonyl (C=O) groups excluding carboxylic acids is 1. The van der Waals surface area contributed by atoms with Crippen LogP contribution >= 0.6 is 0 Å². The molecule has 0 atom stereocenters. The summed E-state index contributed by atoms with van der Waals surface area (Å²) in [6.07, 6.45) is 1.08. The maximum Gasteiger partial charge on any atom is 0.322 e. The van der Waals surface area contributed by atoms with E-state index in [2.05, 4.69) is 15.3 Å². The number of nitrogens with zero attached hydrogens (tertiary/aromatic N) is 2. The van der Waals surface area contributed by atoms with Crippen LogP contribution in [0.15, 0.2) is 53.3 Å². The quantitative estimate of drug-likeness (QED) is 0.699. The van der Waals surface area contributed by atoms with Crippen molar-refractivity contribution in [1.29, 1.82) is 0 Å². The monoisotopic (exact) mass is 404 g/mol. The zero-order chi connectivity index (χ0) is 21.1. The number of aromatic nitrogens is 2. The molecule has 1 aliphatic rings. The van der Waals surface area contributed by atoms with E-state index >= 15 is 0 Å². The van der Waals surface area contributed by atoms with E-state index in [0.29, 0.717) is 30.8 Å².